The summed E-state index contributed by atoms with van der Waals surface area (Å²) in [5.41, 5.74) is 0.683. The summed E-state index contributed by atoms with van der Waals surface area (Å²) >= 11 is 0. The first-order valence-corrected chi connectivity index (χ1v) is 8.89. The molecule has 0 aliphatic rings. The van der Waals surface area contributed by atoms with Crippen LogP contribution in [-0.4, -0.2) is 24.2 Å². The summed E-state index contributed by atoms with van der Waals surface area (Å²) < 4.78 is 57.4. The molecule has 1 aromatic carbocycles. The van der Waals surface area contributed by atoms with Gasteiger partial charge in [0.25, 0.3) is 0 Å². The van der Waals surface area contributed by atoms with Crippen LogP contribution >= 0.6 is 0 Å². The predicted molar refractivity (Wildman–Crippen MR) is 85.3 cm³/mol. The van der Waals surface area contributed by atoms with Gasteiger partial charge in [-0.3, -0.25) is 4.98 Å². The molecule has 0 atom stereocenters. The summed E-state index contributed by atoms with van der Waals surface area (Å²) in [6.45, 7) is 1.75. The van der Waals surface area contributed by atoms with Gasteiger partial charge < -0.3 is 4.42 Å². The van der Waals surface area contributed by atoms with Crippen LogP contribution in [0, 0.1) is 18.6 Å². The number of halogens is 2. The molecule has 0 radical (unpaired) electrons. The van der Waals surface area contributed by atoms with Crippen molar-refractivity contribution in [1.29, 1.82) is 0 Å². The first-order chi connectivity index (χ1) is 11.7. The molecule has 0 unspecified atom stereocenters. The number of hydrogen-bond donors (Lipinski definition) is 0. The average molecular weight is 366 g/mol. The number of aromatic nitrogens is 2. The molecule has 3 rings (SSSR count). The van der Waals surface area contributed by atoms with Crippen LogP contribution < -0.4 is 5.76 Å². The Balaban J connectivity index is 2.26. The van der Waals surface area contributed by atoms with E-state index in [-0.39, 0.29) is 11.3 Å². The highest BCUT2D eigenvalue weighted by atomic mass is 32.2. The maximum atomic E-state index is 14.4. The highest BCUT2D eigenvalue weighted by Gasteiger charge is 2.22. The number of sulfone groups is 1. The molecule has 9 heteroatoms. The molecule has 0 spiro atoms. The molecule has 0 fully saturated rings. The molecule has 0 aliphatic carbocycles. The zero-order chi connectivity index (χ0) is 18.4. The SMILES string of the molecule is Cc1cncc(-n2c(-c3cc(F)c(S(C)(=O)=O)cc3F)coc2=O)c1. The van der Waals surface area contributed by atoms with Gasteiger partial charge in [-0.1, -0.05) is 0 Å². The maximum Gasteiger partial charge on any atom is 0.424 e. The fourth-order valence-corrected chi connectivity index (χ4v) is 3.14. The Morgan fingerprint density at radius 2 is 1.84 bits per heavy atom. The van der Waals surface area contributed by atoms with Gasteiger partial charge in [-0.25, -0.2) is 26.6 Å². The molecule has 2 aromatic heterocycles. The molecule has 0 N–H and O–H groups in total. The van der Waals surface area contributed by atoms with E-state index < -0.39 is 32.1 Å². The fourth-order valence-electron chi connectivity index (χ4n) is 2.41. The van der Waals surface area contributed by atoms with Crippen LogP contribution in [-0.2, 0) is 9.84 Å². The third kappa shape index (κ3) is 3.10. The van der Waals surface area contributed by atoms with Crippen molar-refractivity contribution in [2.45, 2.75) is 11.8 Å². The summed E-state index contributed by atoms with van der Waals surface area (Å²) in [6, 6.07) is 2.92. The monoisotopic (exact) mass is 366 g/mol. The van der Waals surface area contributed by atoms with E-state index in [9.17, 15) is 22.0 Å². The molecule has 0 saturated heterocycles. The van der Waals surface area contributed by atoms with E-state index in [0.29, 0.717) is 11.8 Å². The molecule has 0 aliphatic heterocycles. The lowest BCUT2D eigenvalue weighted by Crippen LogP contribution is -2.14. The zero-order valence-electron chi connectivity index (χ0n) is 13.2. The zero-order valence-corrected chi connectivity index (χ0v) is 14.0. The van der Waals surface area contributed by atoms with E-state index in [2.05, 4.69) is 4.98 Å². The number of benzene rings is 1. The largest absolute Gasteiger partial charge is 0.424 e. The first kappa shape index (κ1) is 17.0. The summed E-state index contributed by atoms with van der Waals surface area (Å²) in [6.07, 6.45) is 4.68. The number of pyridine rings is 1. The number of oxazole rings is 1. The van der Waals surface area contributed by atoms with Gasteiger partial charge in [0.15, 0.2) is 9.84 Å². The van der Waals surface area contributed by atoms with Crippen LogP contribution in [0.15, 0.2) is 51.0 Å². The second-order valence-corrected chi connectivity index (χ2v) is 7.46. The minimum atomic E-state index is -3.93. The van der Waals surface area contributed by atoms with E-state index in [1.807, 2.05) is 0 Å². The van der Waals surface area contributed by atoms with Crippen molar-refractivity contribution in [2.24, 2.45) is 0 Å². The predicted octanol–water partition coefficient (Wildman–Crippen LogP) is 2.48. The number of hydrogen-bond acceptors (Lipinski definition) is 5. The van der Waals surface area contributed by atoms with E-state index in [1.54, 1.807) is 19.2 Å². The van der Waals surface area contributed by atoms with Gasteiger partial charge in [0.05, 0.1) is 17.6 Å². The van der Waals surface area contributed by atoms with Crippen LogP contribution in [0.25, 0.3) is 16.9 Å². The normalized spacial score (nSPS) is 11.7. The molecule has 0 amide bonds. The summed E-state index contributed by atoms with van der Waals surface area (Å²) in [4.78, 5) is 15.2. The van der Waals surface area contributed by atoms with E-state index in [1.165, 1.54) is 6.20 Å². The third-order valence-electron chi connectivity index (χ3n) is 3.51. The minimum absolute atomic E-state index is 0.0612. The number of rotatable bonds is 3. The molecule has 0 saturated carbocycles. The van der Waals surface area contributed by atoms with Gasteiger partial charge in [-0.05, 0) is 30.7 Å². The van der Waals surface area contributed by atoms with Crippen molar-refractivity contribution in [2.75, 3.05) is 6.26 Å². The maximum absolute atomic E-state index is 14.4. The topological polar surface area (TPSA) is 82.2 Å². The summed E-state index contributed by atoms with van der Waals surface area (Å²) in [5, 5.41) is 0. The Morgan fingerprint density at radius 1 is 1.12 bits per heavy atom. The Kier molecular flexibility index (Phi) is 4.03. The minimum Gasteiger partial charge on any atom is -0.415 e. The molecule has 130 valence electrons. The highest BCUT2D eigenvalue weighted by Crippen LogP contribution is 2.28. The summed E-state index contributed by atoms with van der Waals surface area (Å²) in [7, 11) is -3.93. The smallest absolute Gasteiger partial charge is 0.415 e. The molecule has 3 aromatic rings. The molecule has 6 nitrogen and oxygen atoms in total. The number of aryl methyl sites for hydroxylation is 1. The lowest BCUT2D eigenvalue weighted by molar-refractivity contribution is 0.504. The molecule has 25 heavy (non-hydrogen) atoms. The Morgan fingerprint density at radius 3 is 2.48 bits per heavy atom. The van der Waals surface area contributed by atoms with E-state index in [0.717, 1.165) is 28.7 Å². The second kappa shape index (κ2) is 5.92. The van der Waals surface area contributed by atoms with Crippen molar-refractivity contribution in [3.63, 3.8) is 0 Å². The third-order valence-corrected chi connectivity index (χ3v) is 4.62. The lowest BCUT2D eigenvalue weighted by Gasteiger charge is -2.09. The Labute approximate surface area is 141 Å². The van der Waals surface area contributed by atoms with Crippen LogP contribution in [0.4, 0.5) is 8.78 Å². The summed E-state index contributed by atoms with van der Waals surface area (Å²) in [5.74, 6) is -2.94. The first-order valence-electron chi connectivity index (χ1n) is 7.00. The standard InChI is InChI=1S/C16H12F2N2O4S/c1-9-3-10(7-19-6-9)20-14(8-24-16(20)21)11-4-13(18)15(5-12(11)17)25(2,22)23/h3-8H,1-2H3. The average Bonchev–Trinajstić information content (AvgIpc) is 2.89. The van der Waals surface area contributed by atoms with Gasteiger partial charge in [-0.2, -0.15) is 0 Å². The van der Waals surface area contributed by atoms with E-state index >= 15 is 0 Å². The van der Waals surface area contributed by atoms with Crippen LogP contribution in [0.2, 0.25) is 0 Å². The van der Waals surface area contributed by atoms with Crippen molar-refractivity contribution in [1.82, 2.24) is 9.55 Å². The van der Waals surface area contributed by atoms with E-state index in [4.69, 9.17) is 4.42 Å². The van der Waals surface area contributed by atoms with Gasteiger partial charge in [0.1, 0.15) is 22.8 Å². The fraction of sp³-hybridized carbons (Fsp3) is 0.125. The van der Waals surface area contributed by atoms with Crippen LogP contribution in [0.3, 0.4) is 0 Å². The highest BCUT2D eigenvalue weighted by molar-refractivity contribution is 7.90. The second-order valence-electron chi connectivity index (χ2n) is 5.48. The van der Waals surface area contributed by atoms with Crippen molar-refractivity contribution < 1.29 is 21.6 Å². The van der Waals surface area contributed by atoms with Crippen LogP contribution in [0.5, 0.6) is 0 Å². The Hall–Kier alpha value is -2.81. The number of nitrogens with zero attached hydrogens (tertiary/aromatic N) is 2. The van der Waals surface area contributed by atoms with Crippen molar-refractivity contribution in [3.05, 3.63) is 64.6 Å². The molecular weight excluding hydrogens is 354 g/mol. The molecular formula is C16H12F2N2O4S. The quantitative estimate of drug-likeness (QED) is 0.711. The van der Waals surface area contributed by atoms with Crippen molar-refractivity contribution in [3.8, 4) is 16.9 Å². The lowest BCUT2D eigenvalue weighted by atomic mass is 10.1. The van der Waals surface area contributed by atoms with Crippen LogP contribution in [0.1, 0.15) is 5.56 Å². The van der Waals surface area contributed by atoms with Gasteiger partial charge in [0, 0.05) is 18.0 Å². The van der Waals surface area contributed by atoms with Gasteiger partial charge in [-0.15, -0.1) is 0 Å². The van der Waals surface area contributed by atoms with Gasteiger partial charge >= 0.3 is 5.76 Å². The molecule has 2 heterocycles. The Bertz CT molecular complexity index is 1130. The van der Waals surface area contributed by atoms with Gasteiger partial charge in [0.2, 0.25) is 0 Å². The molecule has 0 bridgehead atoms. The van der Waals surface area contributed by atoms with Crippen molar-refractivity contribution >= 4 is 9.84 Å².